The van der Waals surface area contributed by atoms with E-state index in [1.807, 2.05) is 6.07 Å². The molecular weight excluding hydrogens is 338 g/mol. The lowest BCUT2D eigenvalue weighted by molar-refractivity contribution is -0.140. The van der Waals surface area contributed by atoms with E-state index >= 15 is 0 Å². The van der Waals surface area contributed by atoms with Gasteiger partial charge < -0.3 is 10.1 Å². The summed E-state index contributed by atoms with van der Waals surface area (Å²) in [6, 6.07) is 9.19. The first-order valence-electron chi connectivity index (χ1n) is 8.23. The van der Waals surface area contributed by atoms with Gasteiger partial charge in [-0.05, 0) is 18.4 Å². The molecular formula is C18H19N3O5. The van der Waals surface area contributed by atoms with E-state index in [-0.39, 0.29) is 13.0 Å². The van der Waals surface area contributed by atoms with Crippen LogP contribution in [0.1, 0.15) is 24.8 Å². The number of carbonyl (C=O) groups is 4. The van der Waals surface area contributed by atoms with Crippen LogP contribution in [0.15, 0.2) is 30.3 Å². The van der Waals surface area contributed by atoms with E-state index in [4.69, 9.17) is 10.00 Å². The molecule has 136 valence electrons. The van der Waals surface area contributed by atoms with Crippen molar-refractivity contribution in [3.63, 3.8) is 0 Å². The number of ether oxygens (including phenoxy) is 1. The number of benzene rings is 1. The van der Waals surface area contributed by atoms with Crippen molar-refractivity contribution < 1.29 is 23.9 Å². The maximum atomic E-state index is 12.2. The Morgan fingerprint density at radius 2 is 2.04 bits per heavy atom. The highest BCUT2D eigenvalue weighted by Crippen LogP contribution is 2.16. The van der Waals surface area contributed by atoms with Crippen LogP contribution in [-0.4, -0.2) is 36.2 Å². The number of nitriles is 1. The zero-order valence-corrected chi connectivity index (χ0v) is 14.1. The number of nitrogens with one attached hydrogen (secondary N) is 2. The highest BCUT2D eigenvalue weighted by atomic mass is 16.5. The normalized spacial score (nSPS) is 18.0. The summed E-state index contributed by atoms with van der Waals surface area (Å²) >= 11 is 0. The molecule has 2 rings (SSSR count). The predicted molar refractivity (Wildman–Crippen MR) is 89.5 cm³/mol. The van der Waals surface area contributed by atoms with E-state index in [9.17, 15) is 19.2 Å². The first kappa shape index (κ1) is 19.1. The zero-order valence-electron chi connectivity index (χ0n) is 14.1. The standard InChI is InChI=1S/C18H19N3O5/c19-10-14(21-18(25)26-11-12-5-2-1-3-6-12)15(22)9-13-7-4-8-20-17(24)16(13)23/h1-3,5-6,13-14H,4,7-9,11H2,(H,20,24)(H,21,25). The Kier molecular flexibility index (Phi) is 6.85. The molecule has 0 saturated carbocycles. The smallest absolute Gasteiger partial charge is 0.408 e. The van der Waals surface area contributed by atoms with Crippen molar-refractivity contribution in [2.24, 2.45) is 5.92 Å². The van der Waals surface area contributed by atoms with Crippen LogP contribution in [0.5, 0.6) is 0 Å². The molecule has 1 fully saturated rings. The summed E-state index contributed by atoms with van der Waals surface area (Å²) in [5.41, 5.74) is 0.762. The van der Waals surface area contributed by atoms with Crippen molar-refractivity contribution in [3.8, 4) is 6.07 Å². The lowest BCUT2D eigenvalue weighted by atomic mass is 9.91. The lowest BCUT2D eigenvalue weighted by Crippen LogP contribution is -2.42. The minimum Gasteiger partial charge on any atom is -0.445 e. The second-order valence-electron chi connectivity index (χ2n) is 5.90. The van der Waals surface area contributed by atoms with E-state index in [2.05, 4.69) is 10.6 Å². The molecule has 26 heavy (non-hydrogen) atoms. The van der Waals surface area contributed by atoms with Gasteiger partial charge in [0.1, 0.15) is 6.61 Å². The highest BCUT2D eigenvalue weighted by molar-refractivity contribution is 6.37. The van der Waals surface area contributed by atoms with Crippen molar-refractivity contribution in [1.82, 2.24) is 10.6 Å². The molecule has 8 nitrogen and oxygen atoms in total. The summed E-state index contributed by atoms with van der Waals surface area (Å²) in [7, 11) is 0. The Balaban J connectivity index is 1.87. The summed E-state index contributed by atoms with van der Waals surface area (Å²) in [5.74, 6) is -2.79. The third kappa shape index (κ3) is 5.41. The van der Waals surface area contributed by atoms with Crippen molar-refractivity contribution in [2.45, 2.75) is 31.9 Å². The molecule has 1 aromatic carbocycles. The quantitative estimate of drug-likeness (QED) is 0.727. The van der Waals surface area contributed by atoms with Crippen LogP contribution in [-0.2, 0) is 25.7 Å². The molecule has 0 spiro atoms. The molecule has 0 radical (unpaired) electrons. The minimum absolute atomic E-state index is 0.000292. The molecule has 1 saturated heterocycles. The van der Waals surface area contributed by atoms with E-state index in [1.54, 1.807) is 30.3 Å². The molecule has 0 aromatic heterocycles. The fourth-order valence-corrected chi connectivity index (χ4v) is 2.58. The van der Waals surface area contributed by atoms with Crippen LogP contribution in [0.25, 0.3) is 0 Å². The number of alkyl carbamates (subject to hydrolysis) is 1. The highest BCUT2D eigenvalue weighted by Gasteiger charge is 2.32. The van der Waals surface area contributed by atoms with Crippen LogP contribution >= 0.6 is 0 Å². The third-order valence-electron chi connectivity index (χ3n) is 3.98. The molecule has 2 unspecified atom stereocenters. The van der Waals surface area contributed by atoms with E-state index in [0.29, 0.717) is 19.4 Å². The molecule has 2 N–H and O–H groups in total. The largest absolute Gasteiger partial charge is 0.445 e. The number of amides is 2. The van der Waals surface area contributed by atoms with Crippen molar-refractivity contribution in [3.05, 3.63) is 35.9 Å². The monoisotopic (exact) mass is 357 g/mol. The average Bonchev–Trinajstić information content (AvgIpc) is 2.81. The van der Waals surface area contributed by atoms with Gasteiger partial charge in [0.2, 0.25) is 5.78 Å². The fraction of sp³-hybridized carbons (Fsp3) is 0.389. The molecule has 1 aliphatic rings. The molecule has 1 aromatic rings. The van der Waals surface area contributed by atoms with E-state index < -0.39 is 35.5 Å². The topological polar surface area (TPSA) is 125 Å². The summed E-state index contributed by atoms with van der Waals surface area (Å²) in [5, 5.41) is 13.8. The minimum atomic E-state index is -1.43. The van der Waals surface area contributed by atoms with Crippen LogP contribution < -0.4 is 10.6 Å². The van der Waals surface area contributed by atoms with Crippen LogP contribution in [0.3, 0.4) is 0 Å². The first-order chi connectivity index (χ1) is 12.5. The van der Waals surface area contributed by atoms with Gasteiger partial charge in [-0.2, -0.15) is 5.26 Å². The van der Waals surface area contributed by atoms with Crippen LogP contribution in [0.4, 0.5) is 4.79 Å². The van der Waals surface area contributed by atoms with Gasteiger partial charge in [0.25, 0.3) is 5.91 Å². The molecule has 2 atom stereocenters. The van der Waals surface area contributed by atoms with E-state index in [0.717, 1.165) is 5.56 Å². The number of hydrogen-bond donors (Lipinski definition) is 2. The number of Topliss-reactive ketones (excluding diaryl/α,β-unsaturated/α-hetero) is 2. The average molecular weight is 357 g/mol. The Hall–Kier alpha value is -3.21. The van der Waals surface area contributed by atoms with Gasteiger partial charge in [0.05, 0.1) is 6.07 Å². The third-order valence-corrected chi connectivity index (χ3v) is 3.98. The summed E-state index contributed by atoms with van der Waals surface area (Å²) in [6.45, 7) is 0.376. The molecule has 8 heteroatoms. The van der Waals surface area contributed by atoms with Crippen molar-refractivity contribution in [1.29, 1.82) is 5.26 Å². The molecule has 1 aliphatic heterocycles. The summed E-state index contributed by atoms with van der Waals surface area (Å²) in [4.78, 5) is 47.5. The van der Waals surface area contributed by atoms with Gasteiger partial charge in [0, 0.05) is 18.9 Å². The Labute approximate surface area is 150 Å². The lowest BCUT2D eigenvalue weighted by Gasteiger charge is -2.14. The summed E-state index contributed by atoms with van der Waals surface area (Å²) < 4.78 is 4.97. The van der Waals surface area contributed by atoms with Gasteiger partial charge >= 0.3 is 6.09 Å². The molecule has 1 heterocycles. The Morgan fingerprint density at radius 3 is 2.73 bits per heavy atom. The van der Waals surface area contributed by atoms with E-state index in [1.165, 1.54) is 0 Å². The molecule has 0 bridgehead atoms. The predicted octanol–water partition coefficient (Wildman–Crippen LogP) is 0.859. The maximum Gasteiger partial charge on any atom is 0.408 e. The Bertz CT molecular complexity index is 726. The number of rotatable bonds is 6. The van der Waals surface area contributed by atoms with Crippen LogP contribution in [0.2, 0.25) is 0 Å². The number of nitrogens with zero attached hydrogens (tertiary/aromatic N) is 1. The fourth-order valence-electron chi connectivity index (χ4n) is 2.58. The van der Waals surface area contributed by atoms with Gasteiger partial charge in [-0.3, -0.25) is 19.7 Å². The number of hydrogen-bond acceptors (Lipinski definition) is 6. The number of ketones is 2. The molecule has 0 aliphatic carbocycles. The Morgan fingerprint density at radius 1 is 1.31 bits per heavy atom. The van der Waals surface area contributed by atoms with Gasteiger partial charge in [-0.25, -0.2) is 4.79 Å². The zero-order chi connectivity index (χ0) is 18.9. The van der Waals surface area contributed by atoms with Crippen LogP contribution in [0, 0.1) is 17.2 Å². The second kappa shape index (κ2) is 9.32. The number of carbonyl (C=O) groups excluding carboxylic acids is 4. The van der Waals surface area contributed by atoms with Gasteiger partial charge in [-0.1, -0.05) is 30.3 Å². The van der Waals surface area contributed by atoms with Crippen molar-refractivity contribution >= 4 is 23.6 Å². The SMILES string of the molecule is N#CC(NC(=O)OCc1ccccc1)C(=O)CC1CCCNC(=O)C1=O. The van der Waals surface area contributed by atoms with Gasteiger partial charge in [0.15, 0.2) is 11.8 Å². The summed E-state index contributed by atoms with van der Waals surface area (Å²) in [6.07, 6.45) is -0.235. The second-order valence-corrected chi connectivity index (χ2v) is 5.90. The van der Waals surface area contributed by atoms with Crippen molar-refractivity contribution in [2.75, 3.05) is 6.54 Å². The molecule has 2 amide bonds. The first-order valence-corrected chi connectivity index (χ1v) is 8.23. The van der Waals surface area contributed by atoms with Gasteiger partial charge in [-0.15, -0.1) is 0 Å². The maximum absolute atomic E-state index is 12.2.